The average Bonchev–Trinajstić information content (AvgIpc) is 2.38. The number of para-hydroxylation sites is 1. The molecule has 0 aliphatic rings. The molecule has 2 aromatic rings. The fourth-order valence-corrected chi connectivity index (χ4v) is 1.86. The summed E-state index contributed by atoms with van der Waals surface area (Å²) in [6.45, 7) is 2.94. The summed E-state index contributed by atoms with van der Waals surface area (Å²) in [6.07, 6.45) is 2.14. The molecule has 0 aliphatic heterocycles. The molecule has 0 amide bonds. The third-order valence-electron chi connectivity index (χ3n) is 2.86. The van der Waals surface area contributed by atoms with Crippen molar-refractivity contribution in [2.75, 3.05) is 6.61 Å². The van der Waals surface area contributed by atoms with E-state index in [4.69, 9.17) is 4.74 Å². The first-order chi connectivity index (χ1) is 8.36. The first-order valence-corrected chi connectivity index (χ1v) is 6.08. The van der Waals surface area contributed by atoms with Gasteiger partial charge in [-0.3, -0.25) is 0 Å². The third-order valence-corrected chi connectivity index (χ3v) is 2.86. The molecule has 0 N–H and O–H groups in total. The fourth-order valence-electron chi connectivity index (χ4n) is 1.86. The van der Waals surface area contributed by atoms with Crippen molar-refractivity contribution in [1.29, 1.82) is 0 Å². The minimum absolute atomic E-state index is 0.776. The molecule has 0 aromatic heterocycles. The van der Waals surface area contributed by atoms with Crippen LogP contribution in [0.4, 0.5) is 0 Å². The van der Waals surface area contributed by atoms with Gasteiger partial charge in [-0.1, -0.05) is 42.5 Å². The second-order valence-electron chi connectivity index (χ2n) is 4.19. The Labute approximate surface area is 103 Å². The van der Waals surface area contributed by atoms with Gasteiger partial charge in [0.2, 0.25) is 0 Å². The van der Waals surface area contributed by atoms with E-state index in [1.165, 1.54) is 11.1 Å². The number of rotatable bonds is 5. The molecule has 0 unspecified atom stereocenters. The van der Waals surface area contributed by atoms with Crippen LogP contribution in [-0.2, 0) is 6.42 Å². The van der Waals surface area contributed by atoms with Gasteiger partial charge in [0.1, 0.15) is 5.75 Å². The van der Waals surface area contributed by atoms with E-state index in [0.29, 0.717) is 0 Å². The minimum Gasteiger partial charge on any atom is -0.494 e. The van der Waals surface area contributed by atoms with E-state index in [1.54, 1.807) is 0 Å². The summed E-state index contributed by atoms with van der Waals surface area (Å²) in [4.78, 5) is 0. The van der Waals surface area contributed by atoms with E-state index in [9.17, 15) is 0 Å². The average molecular weight is 226 g/mol. The summed E-state index contributed by atoms with van der Waals surface area (Å²) in [6, 6.07) is 18.5. The quantitative estimate of drug-likeness (QED) is 0.700. The van der Waals surface area contributed by atoms with E-state index in [0.717, 1.165) is 25.2 Å². The van der Waals surface area contributed by atoms with Crippen LogP contribution in [0.3, 0.4) is 0 Å². The molecule has 0 spiro atoms. The van der Waals surface area contributed by atoms with Crippen LogP contribution >= 0.6 is 0 Å². The summed E-state index contributed by atoms with van der Waals surface area (Å²) in [5.41, 5.74) is 2.79. The van der Waals surface area contributed by atoms with Crippen molar-refractivity contribution in [3.8, 4) is 5.75 Å². The van der Waals surface area contributed by atoms with Crippen molar-refractivity contribution in [2.24, 2.45) is 0 Å². The van der Waals surface area contributed by atoms with Crippen LogP contribution in [0.1, 0.15) is 17.5 Å². The monoisotopic (exact) mass is 226 g/mol. The number of ether oxygens (including phenoxy) is 1. The van der Waals surface area contributed by atoms with E-state index < -0.39 is 0 Å². The normalized spacial score (nSPS) is 10.2. The highest BCUT2D eigenvalue weighted by atomic mass is 16.5. The second-order valence-corrected chi connectivity index (χ2v) is 4.19. The van der Waals surface area contributed by atoms with Gasteiger partial charge >= 0.3 is 0 Å². The van der Waals surface area contributed by atoms with Gasteiger partial charge in [-0.15, -0.1) is 0 Å². The molecule has 88 valence electrons. The summed E-state index contributed by atoms with van der Waals surface area (Å²) >= 11 is 0. The van der Waals surface area contributed by atoms with Crippen molar-refractivity contribution in [1.82, 2.24) is 0 Å². The van der Waals surface area contributed by atoms with E-state index in [2.05, 4.69) is 31.2 Å². The summed E-state index contributed by atoms with van der Waals surface area (Å²) < 4.78 is 5.67. The Morgan fingerprint density at radius 3 is 2.35 bits per heavy atom. The van der Waals surface area contributed by atoms with Crippen molar-refractivity contribution >= 4 is 0 Å². The molecule has 0 fully saturated rings. The Kier molecular flexibility index (Phi) is 4.20. The van der Waals surface area contributed by atoms with Gasteiger partial charge in [0.15, 0.2) is 0 Å². The molecular formula is C16H18O. The van der Waals surface area contributed by atoms with Crippen LogP contribution in [0.5, 0.6) is 5.75 Å². The Morgan fingerprint density at radius 2 is 1.59 bits per heavy atom. The lowest BCUT2D eigenvalue weighted by Gasteiger charge is -2.07. The van der Waals surface area contributed by atoms with Crippen LogP contribution in [0, 0.1) is 6.92 Å². The van der Waals surface area contributed by atoms with Crippen molar-refractivity contribution < 1.29 is 4.74 Å². The predicted octanol–water partition coefficient (Wildman–Crippen LogP) is 4.01. The van der Waals surface area contributed by atoms with Crippen molar-refractivity contribution in [3.05, 3.63) is 65.7 Å². The number of benzene rings is 2. The summed E-state index contributed by atoms with van der Waals surface area (Å²) in [7, 11) is 0. The highest BCUT2D eigenvalue weighted by Crippen LogP contribution is 2.11. The van der Waals surface area contributed by atoms with Crippen LogP contribution in [0.2, 0.25) is 0 Å². The zero-order chi connectivity index (χ0) is 11.9. The van der Waals surface area contributed by atoms with Gasteiger partial charge in [-0.25, -0.2) is 0 Å². The Bertz CT molecular complexity index is 448. The lowest BCUT2D eigenvalue weighted by Crippen LogP contribution is -2.00. The Balaban J connectivity index is 1.76. The van der Waals surface area contributed by atoms with Crippen molar-refractivity contribution in [2.45, 2.75) is 19.8 Å². The molecule has 0 atom stereocenters. The molecule has 0 saturated carbocycles. The van der Waals surface area contributed by atoms with Gasteiger partial charge in [0.25, 0.3) is 0 Å². The largest absolute Gasteiger partial charge is 0.494 e. The Hall–Kier alpha value is -1.76. The number of hydrogen-bond donors (Lipinski definition) is 0. The zero-order valence-electron chi connectivity index (χ0n) is 10.2. The predicted molar refractivity (Wildman–Crippen MR) is 71.4 cm³/mol. The lowest BCUT2D eigenvalue weighted by atomic mass is 10.0. The standard InChI is InChI=1S/C16H18O/c1-14-8-5-6-9-15(14)10-7-13-17-16-11-3-2-4-12-16/h2-6,8-9,11-12H,7,10,13H2,1H3. The molecule has 2 rings (SSSR count). The smallest absolute Gasteiger partial charge is 0.119 e. The maximum Gasteiger partial charge on any atom is 0.119 e. The van der Waals surface area contributed by atoms with Crippen LogP contribution in [0.25, 0.3) is 0 Å². The van der Waals surface area contributed by atoms with E-state index in [-0.39, 0.29) is 0 Å². The third kappa shape index (κ3) is 3.63. The molecule has 0 saturated heterocycles. The summed E-state index contributed by atoms with van der Waals surface area (Å²) in [5.74, 6) is 0.956. The van der Waals surface area contributed by atoms with Gasteiger partial charge in [-0.2, -0.15) is 0 Å². The van der Waals surface area contributed by atoms with Crippen LogP contribution in [0.15, 0.2) is 54.6 Å². The van der Waals surface area contributed by atoms with Gasteiger partial charge in [0.05, 0.1) is 6.61 Å². The van der Waals surface area contributed by atoms with E-state index in [1.807, 2.05) is 30.3 Å². The minimum atomic E-state index is 0.776. The molecule has 0 bridgehead atoms. The molecule has 17 heavy (non-hydrogen) atoms. The molecule has 2 aromatic carbocycles. The van der Waals surface area contributed by atoms with Crippen LogP contribution in [-0.4, -0.2) is 6.61 Å². The SMILES string of the molecule is Cc1ccccc1CCCOc1ccccc1. The highest BCUT2D eigenvalue weighted by Gasteiger charge is 1.97. The first-order valence-electron chi connectivity index (χ1n) is 6.08. The van der Waals surface area contributed by atoms with Gasteiger partial charge in [-0.05, 0) is 43.0 Å². The summed E-state index contributed by atoms with van der Waals surface area (Å²) in [5, 5.41) is 0. The zero-order valence-corrected chi connectivity index (χ0v) is 10.2. The first kappa shape index (κ1) is 11.7. The maximum atomic E-state index is 5.67. The molecule has 0 heterocycles. The lowest BCUT2D eigenvalue weighted by molar-refractivity contribution is 0.311. The molecular weight excluding hydrogens is 208 g/mol. The molecule has 0 radical (unpaired) electrons. The topological polar surface area (TPSA) is 9.23 Å². The molecule has 0 aliphatic carbocycles. The number of aryl methyl sites for hydroxylation is 2. The van der Waals surface area contributed by atoms with Gasteiger partial charge in [0, 0.05) is 0 Å². The Morgan fingerprint density at radius 1 is 0.882 bits per heavy atom. The van der Waals surface area contributed by atoms with Gasteiger partial charge < -0.3 is 4.74 Å². The maximum absolute atomic E-state index is 5.67. The number of hydrogen-bond acceptors (Lipinski definition) is 1. The second kappa shape index (κ2) is 6.09. The van der Waals surface area contributed by atoms with E-state index >= 15 is 0 Å². The fraction of sp³-hybridized carbons (Fsp3) is 0.250. The van der Waals surface area contributed by atoms with Crippen LogP contribution < -0.4 is 4.74 Å². The highest BCUT2D eigenvalue weighted by molar-refractivity contribution is 5.25. The van der Waals surface area contributed by atoms with Crippen molar-refractivity contribution in [3.63, 3.8) is 0 Å². The molecule has 1 nitrogen and oxygen atoms in total. The molecule has 1 heteroatoms.